The second-order valence-corrected chi connectivity index (χ2v) is 3.86. The number of carboxylic acid groups (broad SMARTS) is 1. The Morgan fingerprint density at radius 1 is 1.56 bits per heavy atom. The monoisotopic (exact) mass is 236 g/mol. The van der Waals surface area contributed by atoms with Crippen LogP contribution in [0.15, 0.2) is 34.0 Å². The molecule has 2 heterocycles. The smallest absolute Gasteiger partial charge is 0.341 e. The molecule has 0 amide bonds. The van der Waals surface area contributed by atoms with Crippen molar-refractivity contribution in [1.82, 2.24) is 9.55 Å². The first kappa shape index (κ1) is 10.6. The highest BCUT2D eigenvalue weighted by Gasteiger charge is 2.10. The molecule has 2 aromatic rings. The third kappa shape index (κ3) is 2.01. The molecule has 0 spiro atoms. The molecular formula is C10H8N2O3S. The molecule has 16 heavy (non-hydrogen) atoms. The van der Waals surface area contributed by atoms with Crippen LogP contribution in [0.25, 0.3) is 0 Å². The maximum absolute atomic E-state index is 11.7. The molecule has 2 aromatic heterocycles. The first-order chi connectivity index (χ1) is 7.68. The maximum atomic E-state index is 11.7. The van der Waals surface area contributed by atoms with Crippen molar-refractivity contribution in [2.75, 3.05) is 0 Å². The van der Waals surface area contributed by atoms with Crippen LogP contribution in [-0.4, -0.2) is 20.6 Å². The van der Waals surface area contributed by atoms with Gasteiger partial charge in [-0.05, 0) is 12.1 Å². The van der Waals surface area contributed by atoms with Gasteiger partial charge in [0.2, 0.25) is 0 Å². The second kappa shape index (κ2) is 4.28. The van der Waals surface area contributed by atoms with Crippen molar-refractivity contribution in [2.45, 2.75) is 6.54 Å². The fourth-order valence-corrected chi connectivity index (χ4v) is 1.86. The third-order valence-electron chi connectivity index (χ3n) is 2.07. The molecule has 0 atom stereocenters. The normalized spacial score (nSPS) is 10.2. The summed E-state index contributed by atoms with van der Waals surface area (Å²) in [5.41, 5.74) is 1.68. The van der Waals surface area contributed by atoms with E-state index in [2.05, 4.69) is 4.98 Å². The highest BCUT2D eigenvalue weighted by Crippen LogP contribution is 2.02. The summed E-state index contributed by atoms with van der Waals surface area (Å²) >= 11 is 1.43. The molecule has 0 aliphatic rings. The fourth-order valence-electron chi connectivity index (χ4n) is 1.31. The van der Waals surface area contributed by atoms with Crippen LogP contribution in [-0.2, 0) is 6.54 Å². The van der Waals surface area contributed by atoms with Crippen LogP contribution in [0.3, 0.4) is 0 Å². The first-order valence-electron chi connectivity index (χ1n) is 4.48. The molecular weight excluding hydrogens is 228 g/mol. The number of nitrogens with zero attached hydrogens (tertiary/aromatic N) is 2. The lowest BCUT2D eigenvalue weighted by molar-refractivity contribution is 0.0694. The van der Waals surface area contributed by atoms with E-state index in [0.717, 1.165) is 5.69 Å². The Hall–Kier alpha value is -1.95. The van der Waals surface area contributed by atoms with Gasteiger partial charge < -0.3 is 9.67 Å². The van der Waals surface area contributed by atoms with Crippen LogP contribution in [0.4, 0.5) is 0 Å². The average molecular weight is 236 g/mol. The van der Waals surface area contributed by atoms with Gasteiger partial charge in [-0.2, -0.15) is 0 Å². The summed E-state index contributed by atoms with van der Waals surface area (Å²) in [6, 6.07) is 2.83. The van der Waals surface area contributed by atoms with Gasteiger partial charge in [0.1, 0.15) is 5.56 Å². The Bertz CT molecular complexity index is 560. The summed E-state index contributed by atoms with van der Waals surface area (Å²) in [4.78, 5) is 26.5. The van der Waals surface area contributed by atoms with Crippen molar-refractivity contribution in [3.8, 4) is 0 Å². The number of aromatic carboxylic acids is 1. The number of aromatic nitrogens is 2. The molecule has 82 valence electrons. The minimum atomic E-state index is -1.21. The maximum Gasteiger partial charge on any atom is 0.341 e. The van der Waals surface area contributed by atoms with E-state index in [-0.39, 0.29) is 5.56 Å². The lowest BCUT2D eigenvalue weighted by Crippen LogP contribution is -2.26. The van der Waals surface area contributed by atoms with Crippen LogP contribution in [0, 0.1) is 0 Å². The van der Waals surface area contributed by atoms with Gasteiger partial charge in [0.05, 0.1) is 17.7 Å². The summed E-state index contributed by atoms with van der Waals surface area (Å²) in [7, 11) is 0. The van der Waals surface area contributed by atoms with Crippen molar-refractivity contribution in [1.29, 1.82) is 0 Å². The minimum absolute atomic E-state index is 0.224. The number of hydrogen-bond donors (Lipinski definition) is 1. The molecule has 0 saturated carbocycles. The molecule has 0 fully saturated rings. The van der Waals surface area contributed by atoms with E-state index in [4.69, 9.17) is 5.11 Å². The van der Waals surface area contributed by atoms with Crippen molar-refractivity contribution in [2.24, 2.45) is 0 Å². The molecule has 0 aromatic carbocycles. The Labute approximate surface area is 94.6 Å². The lowest BCUT2D eigenvalue weighted by atomic mass is 10.3. The zero-order chi connectivity index (χ0) is 11.5. The average Bonchev–Trinajstić information content (AvgIpc) is 2.73. The quantitative estimate of drug-likeness (QED) is 0.864. The largest absolute Gasteiger partial charge is 0.477 e. The topological polar surface area (TPSA) is 72.2 Å². The zero-order valence-corrected chi connectivity index (χ0v) is 8.98. The van der Waals surface area contributed by atoms with Gasteiger partial charge in [-0.1, -0.05) is 0 Å². The Kier molecular flexibility index (Phi) is 2.82. The molecule has 0 aliphatic carbocycles. The molecule has 1 N–H and O–H groups in total. The number of carboxylic acids is 1. The molecule has 5 nitrogen and oxygen atoms in total. The molecule has 0 unspecified atom stereocenters. The van der Waals surface area contributed by atoms with Gasteiger partial charge in [-0.25, -0.2) is 9.78 Å². The highest BCUT2D eigenvalue weighted by molar-refractivity contribution is 7.07. The SMILES string of the molecule is O=C(O)c1cccn(Cc2cscn2)c1=O. The molecule has 0 bridgehead atoms. The van der Waals surface area contributed by atoms with Crippen molar-refractivity contribution in [3.63, 3.8) is 0 Å². The van der Waals surface area contributed by atoms with Crippen molar-refractivity contribution in [3.05, 3.63) is 50.8 Å². The van der Waals surface area contributed by atoms with Gasteiger partial charge in [0.15, 0.2) is 0 Å². The number of rotatable bonds is 3. The predicted octanol–water partition coefficient (Wildman–Crippen LogP) is 1.05. The first-order valence-corrected chi connectivity index (χ1v) is 5.42. The van der Waals surface area contributed by atoms with Gasteiger partial charge in [0, 0.05) is 11.6 Å². The van der Waals surface area contributed by atoms with E-state index in [1.165, 1.54) is 28.0 Å². The van der Waals surface area contributed by atoms with E-state index >= 15 is 0 Å². The number of thiazole rings is 1. The highest BCUT2D eigenvalue weighted by atomic mass is 32.1. The van der Waals surface area contributed by atoms with E-state index in [1.54, 1.807) is 11.7 Å². The Morgan fingerprint density at radius 2 is 2.38 bits per heavy atom. The summed E-state index contributed by atoms with van der Waals surface area (Å²) in [6.07, 6.45) is 1.55. The minimum Gasteiger partial charge on any atom is -0.477 e. The molecule has 6 heteroatoms. The van der Waals surface area contributed by atoms with E-state index in [9.17, 15) is 9.59 Å². The van der Waals surface area contributed by atoms with Crippen molar-refractivity contribution < 1.29 is 9.90 Å². The molecule has 0 radical (unpaired) electrons. The van der Waals surface area contributed by atoms with Crippen LogP contribution in [0.5, 0.6) is 0 Å². The zero-order valence-electron chi connectivity index (χ0n) is 8.16. The number of carbonyl (C=O) groups is 1. The lowest BCUT2D eigenvalue weighted by Gasteiger charge is -2.03. The number of hydrogen-bond acceptors (Lipinski definition) is 4. The molecule has 2 rings (SSSR count). The van der Waals surface area contributed by atoms with Crippen LogP contribution in [0.2, 0.25) is 0 Å². The molecule has 0 aliphatic heterocycles. The predicted molar refractivity (Wildman–Crippen MR) is 58.9 cm³/mol. The Morgan fingerprint density at radius 3 is 3.00 bits per heavy atom. The Balaban J connectivity index is 2.39. The van der Waals surface area contributed by atoms with E-state index in [1.807, 2.05) is 5.38 Å². The summed E-state index contributed by atoms with van der Waals surface area (Å²) in [5.74, 6) is -1.21. The molecule has 0 saturated heterocycles. The third-order valence-corrected chi connectivity index (χ3v) is 2.70. The van der Waals surface area contributed by atoms with E-state index < -0.39 is 11.5 Å². The van der Waals surface area contributed by atoms with Gasteiger partial charge >= 0.3 is 5.97 Å². The van der Waals surface area contributed by atoms with Crippen molar-refractivity contribution >= 4 is 17.3 Å². The summed E-state index contributed by atoms with van der Waals surface area (Å²) in [5, 5.41) is 10.6. The second-order valence-electron chi connectivity index (χ2n) is 3.14. The number of pyridine rings is 1. The van der Waals surface area contributed by atoms with E-state index in [0.29, 0.717) is 6.54 Å². The fraction of sp³-hybridized carbons (Fsp3) is 0.100. The van der Waals surface area contributed by atoms with Crippen LogP contribution >= 0.6 is 11.3 Å². The summed E-state index contributed by atoms with van der Waals surface area (Å²) < 4.78 is 1.33. The summed E-state index contributed by atoms with van der Waals surface area (Å²) in [6.45, 7) is 0.295. The van der Waals surface area contributed by atoms with Crippen LogP contribution in [0.1, 0.15) is 16.1 Å². The van der Waals surface area contributed by atoms with Gasteiger partial charge in [0.25, 0.3) is 5.56 Å². The van der Waals surface area contributed by atoms with Crippen LogP contribution < -0.4 is 5.56 Å². The van der Waals surface area contributed by atoms with Gasteiger partial charge in [-0.15, -0.1) is 11.3 Å². The van der Waals surface area contributed by atoms with Gasteiger partial charge in [-0.3, -0.25) is 4.79 Å². The standard InChI is InChI=1S/C10H8N2O3S/c13-9-8(10(14)15)2-1-3-12(9)4-7-5-16-6-11-7/h1-3,5-6H,4H2,(H,14,15).